The van der Waals surface area contributed by atoms with Gasteiger partial charge in [-0.15, -0.1) is 0 Å². The zero-order valence-corrected chi connectivity index (χ0v) is 24.2. The van der Waals surface area contributed by atoms with Crippen LogP contribution < -0.4 is 25.3 Å². The van der Waals surface area contributed by atoms with Crippen LogP contribution in [-0.2, 0) is 13.9 Å². The Kier molecular flexibility index (Phi) is 7.09. The second-order valence-electron chi connectivity index (χ2n) is 9.81. The Bertz CT molecular complexity index is 1770. The molecule has 0 aliphatic carbocycles. The maximum absolute atomic E-state index is 15.6. The van der Waals surface area contributed by atoms with Crippen molar-refractivity contribution in [1.82, 2.24) is 0 Å². The summed E-state index contributed by atoms with van der Waals surface area (Å²) >= 11 is 0. The second kappa shape index (κ2) is 10.9. The molecule has 5 aromatic rings. The van der Waals surface area contributed by atoms with Crippen LogP contribution in [0.15, 0.2) is 157 Å². The summed E-state index contributed by atoms with van der Waals surface area (Å²) in [6.45, 7) is 1.98. The topological polar surface area (TPSA) is 57.7 Å². The molecular weight excluding hydrogens is 546 g/mol. The van der Waals surface area contributed by atoms with Gasteiger partial charge in [-0.25, -0.2) is 4.67 Å². The molecule has 0 saturated heterocycles. The van der Waals surface area contributed by atoms with E-state index in [4.69, 9.17) is 0 Å². The van der Waals surface area contributed by atoms with Gasteiger partial charge in [0, 0.05) is 22.5 Å². The fourth-order valence-corrected chi connectivity index (χ4v) is 10.7. The summed E-state index contributed by atoms with van der Waals surface area (Å²) in [7, 11) is -7.59. The summed E-state index contributed by atoms with van der Waals surface area (Å²) in [5.41, 5.74) is 2.13. The predicted molar refractivity (Wildman–Crippen MR) is 169 cm³/mol. The molecule has 5 nitrogen and oxygen atoms in total. The van der Waals surface area contributed by atoms with Crippen LogP contribution in [0.1, 0.15) is 5.56 Å². The van der Waals surface area contributed by atoms with Gasteiger partial charge in [-0.2, -0.15) is 0 Å². The average Bonchev–Trinajstić information content (AvgIpc) is 3.03. The number of carbonyl (C=O) groups is 1. The molecule has 1 amide bonds. The first-order valence-electron chi connectivity index (χ1n) is 13.3. The van der Waals surface area contributed by atoms with Crippen LogP contribution >= 0.6 is 14.6 Å². The number of amides is 1. The lowest BCUT2D eigenvalue weighted by molar-refractivity contribution is -0.113. The Labute approximate surface area is 240 Å². The van der Waals surface area contributed by atoms with Gasteiger partial charge in [0.25, 0.3) is 5.91 Å². The van der Waals surface area contributed by atoms with E-state index in [1.165, 1.54) is 4.67 Å². The maximum Gasteiger partial charge on any atom is 0.303 e. The molecule has 202 valence electrons. The van der Waals surface area contributed by atoms with Crippen LogP contribution in [0.4, 0.5) is 11.4 Å². The predicted octanol–water partition coefficient (Wildman–Crippen LogP) is 7.22. The van der Waals surface area contributed by atoms with Crippen molar-refractivity contribution in [1.29, 1.82) is 0 Å². The highest BCUT2D eigenvalue weighted by atomic mass is 31.2. The van der Waals surface area contributed by atoms with Crippen molar-refractivity contribution in [3.05, 3.63) is 163 Å². The first kappa shape index (κ1) is 26.8. The number of hydrogen-bond donors (Lipinski definition) is 0. The summed E-state index contributed by atoms with van der Waals surface area (Å²) < 4.78 is 34.2. The highest BCUT2D eigenvalue weighted by Gasteiger charge is 2.51. The van der Waals surface area contributed by atoms with Gasteiger partial charge in [-0.3, -0.25) is 14.0 Å². The molecule has 1 unspecified atom stereocenters. The molecule has 7 heteroatoms. The van der Waals surface area contributed by atoms with Crippen molar-refractivity contribution in [2.45, 2.75) is 6.92 Å². The van der Waals surface area contributed by atoms with Crippen molar-refractivity contribution in [3.8, 4) is 0 Å². The Hall–Kier alpha value is -4.43. The van der Waals surface area contributed by atoms with Crippen LogP contribution in [-0.4, -0.2) is 5.91 Å². The molecule has 1 heterocycles. The quantitative estimate of drug-likeness (QED) is 0.201. The normalized spacial score (nSPS) is 17.3. The van der Waals surface area contributed by atoms with Gasteiger partial charge < -0.3 is 4.57 Å². The van der Waals surface area contributed by atoms with Crippen molar-refractivity contribution in [2.24, 2.45) is 0 Å². The summed E-state index contributed by atoms with van der Waals surface area (Å²) in [6, 6.07) is 43.8. The fraction of sp³-hybridized carbons (Fsp3) is 0.0294. The SMILES string of the molecule is Cc1ccc(N2C=C(P(=O)(c3ccccc3)c3ccccc3)C(=O)N(c3ccccc3)P2(=O)c2ccccc2)cc1. The monoisotopic (exact) mass is 574 g/mol. The van der Waals surface area contributed by atoms with E-state index in [2.05, 4.69) is 0 Å². The average molecular weight is 575 g/mol. The van der Waals surface area contributed by atoms with Crippen LogP contribution in [0.25, 0.3) is 0 Å². The number of aryl methyl sites for hydroxylation is 1. The maximum atomic E-state index is 15.6. The molecule has 0 aromatic heterocycles. The lowest BCUT2D eigenvalue weighted by Gasteiger charge is -2.44. The molecule has 1 aliphatic rings. The van der Waals surface area contributed by atoms with E-state index in [1.54, 1.807) is 71.5 Å². The lowest BCUT2D eigenvalue weighted by atomic mass is 10.2. The molecule has 41 heavy (non-hydrogen) atoms. The van der Waals surface area contributed by atoms with E-state index < -0.39 is 20.5 Å². The van der Waals surface area contributed by atoms with Gasteiger partial charge in [0.2, 0.25) is 0 Å². The Morgan fingerprint density at radius 1 is 0.585 bits per heavy atom. The zero-order valence-electron chi connectivity index (χ0n) is 22.4. The van der Waals surface area contributed by atoms with Gasteiger partial charge >= 0.3 is 7.44 Å². The number of benzene rings is 5. The third-order valence-electron chi connectivity index (χ3n) is 7.19. The van der Waals surface area contributed by atoms with Crippen molar-refractivity contribution in [3.63, 3.8) is 0 Å². The Morgan fingerprint density at radius 2 is 1.05 bits per heavy atom. The molecule has 5 aromatic carbocycles. The number of para-hydroxylation sites is 1. The third-order valence-corrected chi connectivity index (χ3v) is 13.1. The molecule has 0 fully saturated rings. The largest absolute Gasteiger partial charge is 0.308 e. The molecule has 6 rings (SSSR count). The van der Waals surface area contributed by atoms with Gasteiger partial charge in [-0.05, 0) is 43.3 Å². The number of anilines is 2. The second-order valence-corrected chi connectivity index (χ2v) is 15.0. The summed E-state index contributed by atoms with van der Waals surface area (Å²) in [5, 5.41) is 1.63. The molecule has 0 saturated carbocycles. The lowest BCUT2D eigenvalue weighted by Crippen LogP contribution is -2.44. The van der Waals surface area contributed by atoms with E-state index >= 15 is 9.13 Å². The van der Waals surface area contributed by atoms with Crippen molar-refractivity contribution < 1.29 is 13.9 Å². The van der Waals surface area contributed by atoms with E-state index in [9.17, 15) is 4.79 Å². The van der Waals surface area contributed by atoms with Crippen LogP contribution in [0, 0.1) is 6.92 Å². The third kappa shape index (κ3) is 4.58. The molecule has 1 aliphatic heterocycles. The van der Waals surface area contributed by atoms with E-state index in [1.807, 2.05) is 91.9 Å². The van der Waals surface area contributed by atoms with Gasteiger partial charge in [-0.1, -0.05) is 115 Å². The standard InChI is InChI=1S/C34H28N2O3P2/c1-27-22-24-28(25-23-27)35-26-33(40(38,30-16-8-3-9-17-30)31-18-10-4-11-19-31)34(37)36(29-14-6-2-7-15-29)41(35,39)32-20-12-5-13-21-32/h2-26H,1H3. The fourth-order valence-electron chi connectivity index (χ4n) is 5.13. The van der Waals surface area contributed by atoms with Crippen LogP contribution in [0.3, 0.4) is 0 Å². The molecule has 0 radical (unpaired) electrons. The summed E-state index contributed by atoms with van der Waals surface area (Å²) in [6.07, 6.45) is 1.57. The first-order chi connectivity index (χ1) is 19.9. The first-order valence-corrected chi connectivity index (χ1v) is 16.6. The Morgan fingerprint density at radius 3 is 1.56 bits per heavy atom. The molecule has 0 spiro atoms. The molecule has 1 atom stereocenters. The summed E-state index contributed by atoms with van der Waals surface area (Å²) in [4.78, 5) is 14.8. The van der Waals surface area contributed by atoms with E-state index in [0.717, 1.165) is 5.56 Å². The molecule has 0 bridgehead atoms. The van der Waals surface area contributed by atoms with Crippen LogP contribution in [0.2, 0.25) is 0 Å². The summed E-state index contributed by atoms with van der Waals surface area (Å²) in [5.74, 6) is -0.553. The Balaban J connectivity index is 1.71. The minimum atomic E-state index is -3.87. The van der Waals surface area contributed by atoms with Crippen molar-refractivity contribution in [2.75, 3.05) is 9.34 Å². The molecular formula is C34H28N2O3P2. The highest BCUT2D eigenvalue weighted by Crippen LogP contribution is 2.64. The highest BCUT2D eigenvalue weighted by molar-refractivity contribution is 7.84. The number of rotatable bonds is 6. The van der Waals surface area contributed by atoms with Gasteiger partial charge in [0.15, 0.2) is 7.14 Å². The van der Waals surface area contributed by atoms with Gasteiger partial charge in [0.05, 0.1) is 11.0 Å². The minimum Gasteiger partial charge on any atom is -0.308 e. The van der Waals surface area contributed by atoms with E-state index in [-0.39, 0.29) is 5.31 Å². The minimum absolute atomic E-state index is 0.0849. The number of carbonyl (C=O) groups excluding carboxylic acids is 1. The number of nitrogens with zero attached hydrogens (tertiary/aromatic N) is 2. The smallest absolute Gasteiger partial charge is 0.303 e. The van der Waals surface area contributed by atoms with E-state index in [0.29, 0.717) is 27.3 Å². The van der Waals surface area contributed by atoms with Crippen molar-refractivity contribution >= 4 is 47.8 Å². The number of hydrogen-bond acceptors (Lipinski definition) is 3. The molecule has 0 N–H and O–H groups in total. The van der Waals surface area contributed by atoms with Crippen LogP contribution in [0.5, 0.6) is 0 Å². The zero-order chi connectivity index (χ0) is 28.5. The van der Waals surface area contributed by atoms with Gasteiger partial charge in [0.1, 0.15) is 5.31 Å².